The average Bonchev–Trinajstić information content (AvgIpc) is 2.34. The normalized spacial score (nSPS) is 12.7. The summed E-state index contributed by atoms with van der Waals surface area (Å²) in [6.45, 7) is 5.12. The van der Waals surface area contributed by atoms with Crippen LogP contribution in [0.3, 0.4) is 0 Å². The summed E-state index contributed by atoms with van der Waals surface area (Å²) in [4.78, 5) is 16.0. The van der Waals surface area contributed by atoms with Gasteiger partial charge in [-0.2, -0.15) is 0 Å². The minimum absolute atomic E-state index is 0.213. The van der Waals surface area contributed by atoms with Crippen molar-refractivity contribution in [3.8, 4) is 5.75 Å². The second kappa shape index (κ2) is 7.61. The third-order valence-electron chi connectivity index (χ3n) is 2.45. The van der Waals surface area contributed by atoms with Crippen molar-refractivity contribution in [3.05, 3.63) is 22.4 Å². The molecule has 1 amide bonds. The first-order chi connectivity index (χ1) is 9.73. The average molecular weight is 361 g/mol. The zero-order valence-electron chi connectivity index (χ0n) is 12.6. The van der Waals surface area contributed by atoms with E-state index in [-0.39, 0.29) is 6.61 Å². The van der Waals surface area contributed by atoms with E-state index in [0.717, 1.165) is 0 Å². The van der Waals surface area contributed by atoms with Gasteiger partial charge in [0, 0.05) is 24.2 Å². The first-order valence-corrected chi connectivity index (χ1v) is 7.33. The maximum atomic E-state index is 11.7. The van der Waals surface area contributed by atoms with Gasteiger partial charge in [-0.1, -0.05) is 0 Å². The number of aliphatic hydroxyl groups excluding tert-OH is 1. The number of carbonyl (C=O) groups excluding carboxylic acids is 1. The van der Waals surface area contributed by atoms with Gasteiger partial charge in [-0.3, -0.25) is 0 Å². The minimum atomic E-state index is -0.582. The predicted octanol–water partition coefficient (Wildman–Crippen LogP) is 2.28. The van der Waals surface area contributed by atoms with Gasteiger partial charge < -0.3 is 19.9 Å². The number of ether oxygens (including phenoxy) is 2. The summed E-state index contributed by atoms with van der Waals surface area (Å²) < 4.78 is 10.9. The molecule has 6 nitrogen and oxygen atoms in total. The molecule has 0 bridgehead atoms. The van der Waals surface area contributed by atoms with Gasteiger partial charge in [0.1, 0.15) is 16.0 Å². The van der Waals surface area contributed by atoms with Gasteiger partial charge >= 0.3 is 6.09 Å². The smallest absolute Gasteiger partial charge is 0.407 e. The molecule has 1 rings (SSSR count). The molecular weight excluding hydrogens is 340 g/mol. The SMILES string of the molecule is COc1cc(Br)nc(C[C@H](CO)NC(=O)OC(C)(C)C)c1. The number of halogens is 1. The number of methoxy groups -OCH3 is 1. The van der Waals surface area contributed by atoms with Gasteiger partial charge in [-0.15, -0.1) is 0 Å². The number of rotatable bonds is 5. The predicted molar refractivity (Wildman–Crippen MR) is 82.4 cm³/mol. The van der Waals surface area contributed by atoms with E-state index < -0.39 is 17.7 Å². The van der Waals surface area contributed by atoms with Gasteiger partial charge in [0.25, 0.3) is 0 Å². The van der Waals surface area contributed by atoms with Gasteiger partial charge in [0.2, 0.25) is 0 Å². The van der Waals surface area contributed by atoms with Crippen molar-refractivity contribution in [2.75, 3.05) is 13.7 Å². The van der Waals surface area contributed by atoms with E-state index in [0.29, 0.717) is 22.5 Å². The van der Waals surface area contributed by atoms with E-state index in [1.165, 1.54) is 0 Å². The third-order valence-corrected chi connectivity index (χ3v) is 2.86. The van der Waals surface area contributed by atoms with Crippen LogP contribution in [0.4, 0.5) is 4.79 Å². The Kier molecular flexibility index (Phi) is 6.42. The van der Waals surface area contributed by atoms with Crippen molar-refractivity contribution in [1.29, 1.82) is 0 Å². The highest BCUT2D eigenvalue weighted by Crippen LogP contribution is 2.18. The molecule has 2 N–H and O–H groups in total. The summed E-state index contributed by atoms with van der Waals surface area (Å²) in [6.07, 6.45) is -0.200. The topological polar surface area (TPSA) is 80.7 Å². The molecule has 1 heterocycles. The Labute approximate surface area is 133 Å². The fraction of sp³-hybridized carbons (Fsp3) is 0.571. The van der Waals surface area contributed by atoms with E-state index in [9.17, 15) is 9.90 Å². The second-order valence-electron chi connectivity index (χ2n) is 5.55. The molecule has 0 aliphatic carbocycles. The number of amides is 1. The lowest BCUT2D eigenvalue weighted by molar-refractivity contribution is 0.0482. The van der Waals surface area contributed by atoms with Gasteiger partial charge in [0.05, 0.1) is 19.8 Å². The van der Waals surface area contributed by atoms with Crippen LogP contribution < -0.4 is 10.1 Å². The van der Waals surface area contributed by atoms with Crippen molar-refractivity contribution in [2.24, 2.45) is 0 Å². The van der Waals surface area contributed by atoms with Crippen LogP contribution in [0.15, 0.2) is 16.7 Å². The Morgan fingerprint density at radius 1 is 1.48 bits per heavy atom. The summed E-state index contributed by atoms with van der Waals surface area (Å²) in [5.74, 6) is 0.654. The molecule has 7 heteroatoms. The van der Waals surface area contributed by atoms with E-state index in [1.807, 2.05) is 0 Å². The number of carbonyl (C=O) groups is 1. The number of nitrogens with one attached hydrogen (secondary N) is 1. The van der Waals surface area contributed by atoms with Crippen molar-refractivity contribution in [3.63, 3.8) is 0 Å². The summed E-state index contributed by atoms with van der Waals surface area (Å²) >= 11 is 3.29. The number of hydrogen-bond donors (Lipinski definition) is 2. The Morgan fingerprint density at radius 3 is 2.67 bits per heavy atom. The van der Waals surface area contributed by atoms with Gasteiger partial charge in [0.15, 0.2) is 0 Å². The molecule has 1 aromatic rings. The number of pyridine rings is 1. The Balaban J connectivity index is 2.70. The number of hydrogen-bond acceptors (Lipinski definition) is 5. The molecule has 0 saturated carbocycles. The van der Waals surface area contributed by atoms with Crippen molar-refractivity contribution in [2.45, 2.75) is 38.8 Å². The molecule has 0 fully saturated rings. The first-order valence-electron chi connectivity index (χ1n) is 6.54. The van der Waals surface area contributed by atoms with Crippen molar-refractivity contribution < 1.29 is 19.4 Å². The van der Waals surface area contributed by atoms with Crippen LogP contribution in [-0.2, 0) is 11.2 Å². The number of aromatic nitrogens is 1. The van der Waals surface area contributed by atoms with Crippen LogP contribution >= 0.6 is 15.9 Å². The van der Waals surface area contributed by atoms with E-state index in [4.69, 9.17) is 9.47 Å². The molecule has 0 aliphatic heterocycles. The monoisotopic (exact) mass is 360 g/mol. The zero-order chi connectivity index (χ0) is 16.0. The molecule has 21 heavy (non-hydrogen) atoms. The molecule has 0 radical (unpaired) electrons. The fourth-order valence-electron chi connectivity index (χ4n) is 1.64. The van der Waals surface area contributed by atoms with E-state index in [2.05, 4.69) is 26.2 Å². The molecular formula is C14H21BrN2O4. The standard InChI is InChI=1S/C14H21BrN2O4/c1-14(2,3)21-13(19)17-10(8-18)5-9-6-11(20-4)7-12(15)16-9/h6-7,10,18H,5,8H2,1-4H3,(H,17,19)/t10-/m1/s1. The van der Waals surface area contributed by atoms with Crippen LogP contribution in [0.1, 0.15) is 26.5 Å². The molecule has 0 aromatic carbocycles. The van der Waals surface area contributed by atoms with Crippen LogP contribution in [0.25, 0.3) is 0 Å². The molecule has 118 valence electrons. The molecule has 1 aromatic heterocycles. The van der Waals surface area contributed by atoms with Crippen LogP contribution in [0.2, 0.25) is 0 Å². The zero-order valence-corrected chi connectivity index (χ0v) is 14.2. The third kappa shape index (κ3) is 6.77. The maximum absolute atomic E-state index is 11.7. The Bertz CT molecular complexity index is 488. The molecule has 0 unspecified atom stereocenters. The highest BCUT2D eigenvalue weighted by molar-refractivity contribution is 9.10. The quantitative estimate of drug-likeness (QED) is 0.787. The van der Waals surface area contributed by atoms with Crippen molar-refractivity contribution >= 4 is 22.0 Å². The number of aliphatic hydroxyl groups is 1. The number of nitrogens with zero attached hydrogens (tertiary/aromatic N) is 1. The molecule has 0 spiro atoms. The van der Waals surface area contributed by atoms with Crippen LogP contribution in [-0.4, -0.2) is 41.5 Å². The summed E-state index contributed by atoms with van der Waals surface area (Å²) in [6, 6.07) is 3.01. The molecule has 0 saturated heterocycles. The lowest BCUT2D eigenvalue weighted by Gasteiger charge is -2.22. The van der Waals surface area contributed by atoms with Gasteiger partial charge in [-0.25, -0.2) is 9.78 Å². The lowest BCUT2D eigenvalue weighted by Crippen LogP contribution is -2.42. The van der Waals surface area contributed by atoms with Gasteiger partial charge in [-0.05, 0) is 36.7 Å². The molecule has 0 aliphatic rings. The Morgan fingerprint density at radius 2 is 2.14 bits per heavy atom. The second-order valence-corrected chi connectivity index (χ2v) is 6.36. The largest absolute Gasteiger partial charge is 0.497 e. The summed E-state index contributed by atoms with van der Waals surface area (Å²) in [5.41, 5.74) is 0.109. The van der Waals surface area contributed by atoms with E-state index in [1.54, 1.807) is 40.0 Å². The summed E-state index contributed by atoms with van der Waals surface area (Å²) in [5, 5.41) is 12.0. The van der Waals surface area contributed by atoms with E-state index >= 15 is 0 Å². The highest BCUT2D eigenvalue weighted by Gasteiger charge is 2.20. The minimum Gasteiger partial charge on any atom is -0.497 e. The highest BCUT2D eigenvalue weighted by atomic mass is 79.9. The number of alkyl carbamates (subject to hydrolysis) is 1. The first kappa shape index (κ1) is 17.7. The van der Waals surface area contributed by atoms with Crippen LogP contribution in [0, 0.1) is 0 Å². The lowest BCUT2D eigenvalue weighted by atomic mass is 10.1. The fourth-order valence-corrected chi connectivity index (χ4v) is 2.09. The molecule has 1 atom stereocenters. The summed E-state index contributed by atoms with van der Waals surface area (Å²) in [7, 11) is 1.56. The van der Waals surface area contributed by atoms with Crippen LogP contribution in [0.5, 0.6) is 5.75 Å². The van der Waals surface area contributed by atoms with Crippen molar-refractivity contribution in [1.82, 2.24) is 10.3 Å². The maximum Gasteiger partial charge on any atom is 0.407 e. The Hall–Kier alpha value is -1.34.